The predicted molar refractivity (Wildman–Crippen MR) is 79.7 cm³/mol. The van der Waals surface area contributed by atoms with Crippen molar-refractivity contribution in [3.05, 3.63) is 42.6 Å². The molecule has 0 aliphatic heterocycles. The average Bonchev–Trinajstić information content (AvgIpc) is 2.46. The number of rotatable bonds is 6. The van der Waals surface area contributed by atoms with Crippen LogP contribution >= 0.6 is 0 Å². The van der Waals surface area contributed by atoms with Gasteiger partial charge >= 0.3 is 0 Å². The Morgan fingerprint density at radius 2 is 1.79 bits per heavy atom. The van der Waals surface area contributed by atoms with Crippen molar-refractivity contribution in [2.45, 2.75) is 32.7 Å². The Bertz CT molecular complexity index is 495. The smallest absolute Gasteiger partial charge is 0.229 e. The summed E-state index contributed by atoms with van der Waals surface area (Å²) < 4.78 is 0. The average molecular weight is 256 g/mol. The van der Waals surface area contributed by atoms with E-state index in [2.05, 4.69) is 34.4 Å². The minimum atomic E-state index is 0.458. The minimum absolute atomic E-state index is 0.458. The van der Waals surface area contributed by atoms with E-state index >= 15 is 0 Å². The summed E-state index contributed by atoms with van der Waals surface area (Å²) in [7, 11) is 0. The van der Waals surface area contributed by atoms with E-state index in [1.54, 1.807) is 6.20 Å². The quantitative estimate of drug-likeness (QED) is 0.825. The molecule has 1 heterocycles. The second-order valence-corrected chi connectivity index (χ2v) is 4.41. The van der Waals surface area contributed by atoms with Crippen molar-refractivity contribution in [1.82, 2.24) is 9.97 Å². The van der Waals surface area contributed by atoms with Crippen LogP contribution in [0.15, 0.2) is 42.6 Å². The Morgan fingerprint density at radius 1 is 1.05 bits per heavy atom. The molecule has 0 aliphatic rings. The highest BCUT2D eigenvalue weighted by Crippen LogP contribution is 2.14. The van der Waals surface area contributed by atoms with E-state index in [-0.39, 0.29) is 0 Å². The molecule has 2 aromatic rings. The molecule has 0 amide bonds. The van der Waals surface area contributed by atoms with Gasteiger partial charge in [-0.3, -0.25) is 0 Å². The van der Waals surface area contributed by atoms with E-state index in [4.69, 9.17) is 0 Å². The first-order valence-corrected chi connectivity index (χ1v) is 6.73. The number of aromatic nitrogens is 2. The van der Waals surface area contributed by atoms with E-state index in [0.717, 1.165) is 24.3 Å². The molecule has 1 aromatic heterocycles. The fraction of sp³-hybridized carbons (Fsp3) is 0.333. The third kappa shape index (κ3) is 3.95. The topological polar surface area (TPSA) is 49.8 Å². The van der Waals surface area contributed by atoms with Gasteiger partial charge in [-0.25, -0.2) is 4.98 Å². The molecule has 4 heteroatoms. The Balaban J connectivity index is 2.07. The molecule has 0 unspecified atom stereocenters. The first kappa shape index (κ1) is 13.3. The molecule has 100 valence electrons. The number of benzene rings is 1. The molecular weight excluding hydrogens is 236 g/mol. The predicted octanol–water partition coefficient (Wildman–Crippen LogP) is 3.82. The fourth-order valence-electron chi connectivity index (χ4n) is 1.85. The van der Waals surface area contributed by atoms with Crippen molar-refractivity contribution in [2.24, 2.45) is 0 Å². The molecule has 0 fully saturated rings. The highest BCUT2D eigenvalue weighted by atomic mass is 15.1. The summed E-state index contributed by atoms with van der Waals surface area (Å²) >= 11 is 0. The summed E-state index contributed by atoms with van der Waals surface area (Å²) in [6.07, 6.45) is 3.94. The SMILES string of the molecule is CCC(CC)Nc1ccnc(Nc2ccccc2)n1. The summed E-state index contributed by atoms with van der Waals surface area (Å²) in [5.74, 6) is 1.48. The first-order valence-electron chi connectivity index (χ1n) is 6.73. The molecule has 0 radical (unpaired) electrons. The van der Waals surface area contributed by atoms with Gasteiger partial charge in [0.2, 0.25) is 5.95 Å². The van der Waals surface area contributed by atoms with Gasteiger partial charge in [0.1, 0.15) is 5.82 Å². The second-order valence-electron chi connectivity index (χ2n) is 4.41. The number of nitrogens with zero attached hydrogens (tertiary/aromatic N) is 2. The third-order valence-electron chi connectivity index (χ3n) is 3.02. The van der Waals surface area contributed by atoms with Gasteiger partial charge in [0.25, 0.3) is 0 Å². The van der Waals surface area contributed by atoms with Crippen molar-refractivity contribution >= 4 is 17.5 Å². The molecule has 0 bridgehead atoms. The standard InChI is InChI=1S/C15H20N4/c1-3-12(4-2)17-14-10-11-16-15(19-14)18-13-8-6-5-7-9-13/h5-12H,3-4H2,1-2H3,(H2,16,17,18,19). The van der Waals surface area contributed by atoms with Crippen molar-refractivity contribution in [3.8, 4) is 0 Å². The molecule has 4 nitrogen and oxygen atoms in total. The number of para-hydroxylation sites is 1. The lowest BCUT2D eigenvalue weighted by molar-refractivity contribution is 0.668. The van der Waals surface area contributed by atoms with Crippen molar-refractivity contribution < 1.29 is 0 Å². The molecule has 19 heavy (non-hydrogen) atoms. The van der Waals surface area contributed by atoms with Crippen LogP contribution in [0.25, 0.3) is 0 Å². The number of nitrogens with one attached hydrogen (secondary N) is 2. The number of hydrogen-bond donors (Lipinski definition) is 2. The van der Waals surface area contributed by atoms with Crippen LogP contribution in [0, 0.1) is 0 Å². The first-order chi connectivity index (χ1) is 9.31. The van der Waals surface area contributed by atoms with Crippen LogP contribution in [0.5, 0.6) is 0 Å². The van der Waals surface area contributed by atoms with Crippen LogP contribution in [-0.4, -0.2) is 16.0 Å². The van der Waals surface area contributed by atoms with E-state index in [0.29, 0.717) is 12.0 Å². The van der Waals surface area contributed by atoms with Crippen molar-refractivity contribution in [1.29, 1.82) is 0 Å². The van der Waals surface area contributed by atoms with Gasteiger partial charge in [-0.1, -0.05) is 32.0 Å². The van der Waals surface area contributed by atoms with Gasteiger partial charge in [-0.05, 0) is 31.0 Å². The number of anilines is 3. The molecule has 2 N–H and O–H groups in total. The van der Waals surface area contributed by atoms with Gasteiger partial charge in [-0.2, -0.15) is 4.98 Å². The highest BCUT2D eigenvalue weighted by molar-refractivity contribution is 5.54. The van der Waals surface area contributed by atoms with Crippen LogP contribution in [0.3, 0.4) is 0 Å². The lowest BCUT2D eigenvalue weighted by atomic mass is 10.2. The Morgan fingerprint density at radius 3 is 2.47 bits per heavy atom. The molecule has 0 aliphatic carbocycles. The Kier molecular flexibility index (Phi) is 4.72. The minimum Gasteiger partial charge on any atom is -0.367 e. The lowest BCUT2D eigenvalue weighted by Gasteiger charge is -2.15. The second kappa shape index (κ2) is 6.73. The van der Waals surface area contributed by atoms with Gasteiger partial charge in [0.05, 0.1) is 0 Å². The Labute approximate surface area is 114 Å². The Hall–Kier alpha value is -2.10. The zero-order chi connectivity index (χ0) is 13.5. The molecular formula is C15H20N4. The van der Waals surface area contributed by atoms with Crippen LogP contribution in [-0.2, 0) is 0 Å². The normalized spacial score (nSPS) is 10.5. The molecule has 0 spiro atoms. The van der Waals surface area contributed by atoms with Crippen LogP contribution in [0.4, 0.5) is 17.5 Å². The van der Waals surface area contributed by atoms with Gasteiger partial charge in [-0.15, -0.1) is 0 Å². The third-order valence-corrected chi connectivity index (χ3v) is 3.02. The molecule has 0 atom stereocenters. The summed E-state index contributed by atoms with van der Waals surface area (Å²) in [6.45, 7) is 4.34. The van der Waals surface area contributed by atoms with Crippen molar-refractivity contribution in [3.63, 3.8) is 0 Å². The van der Waals surface area contributed by atoms with E-state index in [1.807, 2.05) is 36.4 Å². The lowest BCUT2D eigenvalue weighted by Crippen LogP contribution is -2.18. The molecule has 0 saturated carbocycles. The van der Waals surface area contributed by atoms with Crippen LogP contribution in [0.1, 0.15) is 26.7 Å². The number of hydrogen-bond acceptors (Lipinski definition) is 4. The van der Waals surface area contributed by atoms with E-state index in [9.17, 15) is 0 Å². The van der Waals surface area contributed by atoms with Gasteiger partial charge < -0.3 is 10.6 Å². The maximum atomic E-state index is 4.47. The van der Waals surface area contributed by atoms with E-state index in [1.165, 1.54) is 0 Å². The molecule has 1 aromatic carbocycles. The van der Waals surface area contributed by atoms with Gasteiger partial charge in [0.15, 0.2) is 0 Å². The van der Waals surface area contributed by atoms with Crippen LogP contribution in [0.2, 0.25) is 0 Å². The largest absolute Gasteiger partial charge is 0.367 e. The molecule has 0 saturated heterocycles. The van der Waals surface area contributed by atoms with Gasteiger partial charge in [0, 0.05) is 17.9 Å². The summed E-state index contributed by atoms with van der Waals surface area (Å²) in [5, 5.41) is 6.60. The summed E-state index contributed by atoms with van der Waals surface area (Å²) in [4.78, 5) is 8.70. The van der Waals surface area contributed by atoms with Crippen LogP contribution < -0.4 is 10.6 Å². The zero-order valence-corrected chi connectivity index (χ0v) is 11.4. The highest BCUT2D eigenvalue weighted by Gasteiger charge is 2.05. The zero-order valence-electron chi connectivity index (χ0n) is 11.4. The van der Waals surface area contributed by atoms with E-state index < -0.39 is 0 Å². The fourth-order valence-corrected chi connectivity index (χ4v) is 1.85. The summed E-state index contributed by atoms with van der Waals surface area (Å²) in [5.41, 5.74) is 0.988. The van der Waals surface area contributed by atoms with Crippen molar-refractivity contribution in [2.75, 3.05) is 10.6 Å². The summed E-state index contributed by atoms with van der Waals surface area (Å²) in [6, 6.07) is 12.3. The maximum Gasteiger partial charge on any atom is 0.229 e. The maximum absolute atomic E-state index is 4.47. The molecule has 2 rings (SSSR count). The monoisotopic (exact) mass is 256 g/mol.